The normalized spacial score (nSPS) is 16.5. The minimum Gasteiger partial charge on any atom is -0.507 e. The fraction of sp³-hybridized carbons (Fsp3) is 0.278. The van der Waals surface area contributed by atoms with E-state index in [1.54, 1.807) is 26.0 Å². The van der Waals surface area contributed by atoms with Crippen LogP contribution in [-0.4, -0.2) is 28.2 Å². The summed E-state index contributed by atoms with van der Waals surface area (Å²) in [5, 5.41) is 30.0. The second-order valence-electron chi connectivity index (χ2n) is 5.82. The van der Waals surface area contributed by atoms with Crippen molar-refractivity contribution in [1.82, 2.24) is 0 Å². The monoisotopic (exact) mass is 330 g/mol. The van der Waals surface area contributed by atoms with Crippen LogP contribution in [-0.2, 0) is 0 Å². The van der Waals surface area contributed by atoms with E-state index in [1.165, 1.54) is 13.2 Å². The van der Waals surface area contributed by atoms with Crippen LogP contribution in [0.15, 0.2) is 18.2 Å². The average molecular weight is 330 g/mol. The van der Waals surface area contributed by atoms with Gasteiger partial charge in [-0.25, -0.2) is 0 Å². The lowest BCUT2D eigenvalue weighted by Gasteiger charge is -2.28. The van der Waals surface area contributed by atoms with Crippen molar-refractivity contribution in [2.75, 3.05) is 7.11 Å². The van der Waals surface area contributed by atoms with Crippen LogP contribution in [0.2, 0.25) is 0 Å². The molecule has 2 aromatic rings. The first-order chi connectivity index (χ1) is 11.3. The second-order valence-corrected chi connectivity index (χ2v) is 5.82. The molecule has 0 radical (unpaired) electrons. The molecule has 1 heterocycles. The van der Waals surface area contributed by atoms with Gasteiger partial charge in [-0.1, -0.05) is 6.07 Å². The lowest BCUT2D eigenvalue weighted by atomic mass is 9.91. The highest BCUT2D eigenvalue weighted by atomic mass is 16.5. The maximum Gasteiger partial charge on any atom is 0.174 e. The van der Waals surface area contributed by atoms with E-state index in [2.05, 4.69) is 0 Å². The number of rotatable bonds is 2. The van der Waals surface area contributed by atoms with Crippen molar-refractivity contribution in [3.8, 4) is 28.7 Å². The number of carbonyl (C=O) groups is 1. The summed E-state index contributed by atoms with van der Waals surface area (Å²) in [4.78, 5) is 12.5. The molecule has 1 aliphatic rings. The number of ketones is 1. The van der Waals surface area contributed by atoms with E-state index in [0.29, 0.717) is 11.1 Å². The molecule has 126 valence electrons. The molecule has 0 spiro atoms. The summed E-state index contributed by atoms with van der Waals surface area (Å²) in [5.41, 5.74) is 1.42. The molecular formula is C18H18O6. The highest BCUT2D eigenvalue weighted by Crippen LogP contribution is 2.47. The van der Waals surface area contributed by atoms with Crippen LogP contribution >= 0.6 is 0 Å². The standard InChI is InChI=1S/C18H18O6/c1-8-16(21)9(2)18-15(17(8)22)12(20)7-13(24-18)10-4-5-11(19)14(6-10)23-3/h4-6,13,19,21-22H,7H2,1-3H3/t13-/m0/s1. The number of hydrogen-bond acceptors (Lipinski definition) is 6. The van der Waals surface area contributed by atoms with Crippen molar-refractivity contribution >= 4 is 5.78 Å². The van der Waals surface area contributed by atoms with Crippen LogP contribution < -0.4 is 9.47 Å². The van der Waals surface area contributed by atoms with Crippen LogP contribution in [0.5, 0.6) is 28.7 Å². The van der Waals surface area contributed by atoms with Gasteiger partial charge in [-0.2, -0.15) is 0 Å². The molecule has 24 heavy (non-hydrogen) atoms. The molecule has 0 amide bonds. The Morgan fingerprint density at radius 3 is 2.50 bits per heavy atom. The van der Waals surface area contributed by atoms with Gasteiger partial charge in [0.1, 0.15) is 28.9 Å². The van der Waals surface area contributed by atoms with E-state index in [9.17, 15) is 20.1 Å². The van der Waals surface area contributed by atoms with Crippen molar-refractivity contribution in [1.29, 1.82) is 0 Å². The molecule has 0 aromatic heterocycles. The molecule has 2 aromatic carbocycles. The van der Waals surface area contributed by atoms with Gasteiger partial charge >= 0.3 is 0 Å². The molecule has 6 nitrogen and oxygen atoms in total. The number of aromatic hydroxyl groups is 3. The first kappa shape index (κ1) is 16.0. The maximum absolute atomic E-state index is 12.5. The first-order valence-corrected chi connectivity index (χ1v) is 7.47. The summed E-state index contributed by atoms with van der Waals surface area (Å²) in [7, 11) is 1.43. The summed E-state index contributed by atoms with van der Waals surface area (Å²) in [6, 6.07) is 4.71. The quantitative estimate of drug-likeness (QED) is 0.783. The third-order valence-electron chi connectivity index (χ3n) is 4.36. The zero-order valence-corrected chi connectivity index (χ0v) is 13.6. The number of phenolic OH excluding ortho intramolecular Hbond substituents is 3. The van der Waals surface area contributed by atoms with Crippen molar-refractivity contribution in [2.45, 2.75) is 26.4 Å². The van der Waals surface area contributed by atoms with Gasteiger partial charge < -0.3 is 24.8 Å². The van der Waals surface area contributed by atoms with Crippen molar-refractivity contribution < 1.29 is 29.6 Å². The summed E-state index contributed by atoms with van der Waals surface area (Å²) in [6.07, 6.45) is -0.558. The van der Waals surface area contributed by atoms with Crippen LogP contribution in [0.3, 0.4) is 0 Å². The molecule has 1 atom stereocenters. The predicted octanol–water partition coefficient (Wildman–Crippen LogP) is 3.14. The van der Waals surface area contributed by atoms with Gasteiger partial charge in [-0.15, -0.1) is 0 Å². The third kappa shape index (κ3) is 2.31. The SMILES string of the molecule is COc1cc([C@@H]2CC(=O)c3c(O)c(C)c(O)c(C)c3O2)ccc1O. The van der Waals surface area contributed by atoms with Gasteiger partial charge in [0, 0.05) is 11.1 Å². The number of phenols is 3. The molecule has 1 aliphatic heterocycles. The fourth-order valence-corrected chi connectivity index (χ4v) is 2.92. The van der Waals surface area contributed by atoms with Crippen molar-refractivity contribution in [2.24, 2.45) is 0 Å². The maximum atomic E-state index is 12.5. The van der Waals surface area contributed by atoms with E-state index in [0.717, 1.165) is 0 Å². The van der Waals surface area contributed by atoms with Crippen molar-refractivity contribution in [3.63, 3.8) is 0 Å². The predicted molar refractivity (Wildman–Crippen MR) is 86.2 cm³/mol. The fourth-order valence-electron chi connectivity index (χ4n) is 2.92. The van der Waals surface area contributed by atoms with E-state index in [4.69, 9.17) is 9.47 Å². The number of Topliss-reactive ketones (excluding diaryl/α,β-unsaturated/α-hetero) is 1. The molecule has 3 N–H and O–H groups in total. The lowest BCUT2D eigenvalue weighted by molar-refractivity contribution is 0.0842. The van der Waals surface area contributed by atoms with E-state index in [-0.39, 0.29) is 52.1 Å². The summed E-state index contributed by atoms with van der Waals surface area (Å²) < 4.78 is 11.0. The smallest absolute Gasteiger partial charge is 0.174 e. The Hall–Kier alpha value is -2.89. The molecule has 0 aliphatic carbocycles. The summed E-state index contributed by atoms with van der Waals surface area (Å²) in [5.74, 6) is -0.157. The zero-order valence-electron chi connectivity index (χ0n) is 13.6. The third-order valence-corrected chi connectivity index (χ3v) is 4.36. The minimum absolute atomic E-state index is 0.00844. The Morgan fingerprint density at radius 1 is 1.12 bits per heavy atom. The van der Waals surface area contributed by atoms with E-state index in [1.807, 2.05) is 0 Å². The van der Waals surface area contributed by atoms with Gasteiger partial charge in [0.25, 0.3) is 0 Å². The molecule has 0 bridgehead atoms. The Bertz CT molecular complexity index is 840. The van der Waals surface area contributed by atoms with E-state index < -0.39 is 6.10 Å². The van der Waals surface area contributed by atoms with Gasteiger partial charge in [-0.3, -0.25) is 4.79 Å². The average Bonchev–Trinajstić information content (AvgIpc) is 2.57. The number of ether oxygens (including phenoxy) is 2. The number of carbonyl (C=O) groups excluding carboxylic acids is 1. The molecule has 3 rings (SSSR count). The molecule has 0 fully saturated rings. The summed E-state index contributed by atoms with van der Waals surface area (Å²) >= 11 is 0. The Kier molecular flexibility index (Phi) is 3.75. The van der Waals surface area contributed by atoms with Crippen LogP contribution in [0.1, 0.15) is 39.6 Å². The van der Waals surface area contributed by atoms with Crippen LogP contribution in [0.25, 0.3) is 0 Å². The number of benzene rings is 2. The Balaban J connectivity index is 2.09. The van der Waals surface area contributed by atoms with Crippen LogP contribution in [0.4, 0.5) is 0 Å². The highest BCUT2D eigenvalue weighted by molar-refractivity contribution is 6.03. The second kappa shape index (κ2) is 5.63. The Labute approximate surface area is 138 Å². The van der Waals surface area contributed by atoms with Crippen LogP contribution in [0, 0.1) is 13.8 Å². The van der Waals surface area contributed by atoms with Gasteiger partial charge in [0.15, 0.2) is 17.3 Å². The molecule has 0 saturated heterocycles. The lowest BCUT2D eigenvalue weighted by Crippen LogP contribution is -2.21. The van der Waals surface area contributed by atoms with Crippen molar-refractivity contribution in [3.05, 3.63) is 40.5 Å². The van der Waals surface area contributed by atoms with E-state index >= 15 is 0 Å². The largest absolute Gasteiger partial charge is 0.507 e. The highest BCUT2D eigenvalue weighted by Gasteiger charge is 2.34. The number of hydrogen-bond donors (Lipinski definition) is 3. The minimum atomic E-state index is -0.597. The molecule has 0 unspecified atom stereocenters. The molecular weight excluding hydrogens is 312 g/mol. The topological polar surface area (TPSA) is 96.2 Å². The molecule has 0 saturated carbocycles. The van der Waals surface area contributed by atoms with Gasteiger partial charge in [0.05, 0.1) is 13.5 Å². The van der Waals surface area contributed by atoms with Gasteiger partial charge in [-0.05, 0) is 31.5 Å². The number of methoxy groups -OCH3 is 1. The molecule has 6 heteroatoms. The number of fused-ring (bicyclic) bond motifs is 1. The summed E-state index contributed by atoms with van der Waals surface area (Å²) in [6.45, 7) is 3.18. The van der Waals surface area contributed by atoms with Gasteiger partial charge in [0.2, 0.25) is 0 Å². The zero-order chi connectivity index (χ0) is 17.6. The Morgan fingerprint density at radius 2 is 1.83 bits per heavy atom. The first-order valence-electron chi connectivity index (χ1n) is 7.47.